The number of carbonyl (C=O) groups is 1. The smallest absolute Gasteiger partial charge is 0.318 e. The predicted octanol–water partition coefficient (Wildman–Crippen LogP) is 3.70. The molecule has 0 bridgehead atoms. The topological polar surface area (TPSA) is 29.1 Å². The Morgan fingerprint density at radius 2 is 1.82 bits per heavy atom. The first-order valence-corrected chi connectivity index (χ1v) is 5.32. The Morgan fingerprint density at radius 3 is 2.24 bits per heavy atom. The monoisotopic (exact) mass is 245 g/mol. The van der Waals surface area contributed by atoms with Crippen LogP contribution in [0, 0.1) is 0 Å². The molecule has 1 amide bonds. The molecule has 0 unspecified atom stereocenters. The minimum Gasteiger partial charge on any atom is -0.318 e. The van der Waals surface area contributed by atoms with E-state index < -0.39 is 12.1 Å². The zero-order valence-electron chi connectivity index (χ0n) is 9.64. The van der Waals surface area contributed by atoms with Crippen LogP contribution < -0.4 is 5.32 Å². The quantitative estimate of drug-likeness (QED) is 0.864. The van der Waals surface area contributed by atoms with Gasteiger partial charge in [0.05, 0.1) is 0 Å². The summed E-state index contributed by atoms with van der Waals surface area (Å²) in [7, 11) is 0. The molecule has 0 aromatic heterocycles. The summed E-state index contributed by atoms with van der Waals surface area (Å²) in [6.45, 7) is 4.06. The van der Waals surface area contributed by atoms with E-state index in [4.69, 9.17) is 0 Å². The molecule has 0 fully saturated rings. The van der Waals surface area contributed by atoms with Gasteiger partial charge in [-0.2, -0.15) is 13.2 Å². The van der Waals surface area contributed by atoms with Crippen molar-refractivity contribution >= 4 is 11.6 Å². The Bertz CT molecular complexity index is 384. The van der Waals surface area contributed by atoms with E-state index >= 15 is 0 Å². The van der Waals surface area contributed by atoms with Crippen LogP contribution in [-0.2, 0) is 4.79 Å². The Balaban J connectivity index is 2.72. The first kappa shape index (κ1) is 13.5. The largest absolute Gasteiger partial charge is 0.471 e. The molecular formula is C12H14F3NO. The summed E-state index contributed by atoms with van der Waals surface area (Å²) < 4.78 is 36.0. The fourth-order valence-electron chi connectivity index (χ4n) is 1.33. The van der Waals surface area contributed by atoms with Gasteiger partial charge in [0.25, 0.3) is 0 Å². The summed E-state index contributed by atoms with van der Waals surface area (Å²) in [5.41, 5.74) is 1.19. The van der Waals surface area contributed by atoms with Crippen molar-refractivity contribution in [2.75, 3.05) is 5.32 Å². The van der Waals surface area contributed by atoms with Gasteiger partial charge in [-0.25, -0.2) is 0 Å². The van der Waals surface area contributed by atoms with E-state index in [1.54, 1.807) is 17.4 Å². The highest BCUT2D eigenvalue weighted by Gasteiger charge is 2.38. The van der Waals surface area contributed by atoms with Crippen LogP contribution >= 0.6 is 0 Å². The lowest BCUT2D eigenvalue weighted by molar-refractivity contribution is -0.167. The SMILES string of the molecule is CC[C@H](C)c1ccc(NC(=O)C(F)(F)F)cc1. The molecule has 0 aliphatic carbocycles. The number of hydrogen-bond donors (Lipinski definition) is 1. The van der Waals surface area contributed by atoms with Crippen LogP contribution in [0.25, 0.3) is 0 Å². The summed E-state index contributed by atoms with van der Waals surface area (Å²) in [5, 5.41) is 1.80. The number of carbonyl (C=O) groups excluding carboxylic acids is 1. The molecule has 1 N–H and O–H groups in total. The zero-order valence-corrected chi connectivity index (χ0v) is 9.64. The molecule has 1 aromatic rings. The van der Waals surface area contributed by atoms with Crippen LogP contribution in [0.2, 0.25) is 0 Å². The average molecular weight is 245 g/mol. The summed E-state index contributed by atoms with van der Waals surface area (Å²) in [6.07, 6.45) is -3.90. The minimum atomic E-state index is -4.85. The molecule has 0 aliphatic rings. The number of rotatable bonds is 3. The van der Waals surface area contributed by atoms with Gasteiger partial charge < -0.3 is 5.32 Å². The summed E-state index contributed by atoms with van der Waals surface area (Å²) >= 11 is 0. The van der Waals surface area contributed by atoms with Crippen molar-refractivity contribution in [3.8, 4) is 0 Å². The molecule has 2 nitrogen and oxygen atoms in total. The third kappa shape index (κ3) is 3.76. The van der Waals surface area contributed by atoms with E-state index in [-0.39, 0.29) is 5.69 Å². The van der Waals surface area contributed by atoms with Gasteiger partial charge in [0.15, 0.2) is 0 Å². The van der Waals surface area contributed by atoms with Crippen LogP contribution in [0.3, 0.4) is 0 Å². The standard InChI is InChI=1S/C12H14F3NO/c1-3-8(2)9-4-6-10(7-5-9)16-11(17)12(13,14)15/h4-8H,3H2,1-2H3,(H,16,17)/t8-/m0/s1. The van der Waals surface area contributed by atoms with Crippen molar-refractivity contribution in [1.82, 2.24) is 0 Å². The fourth-order valence-corrected chi connectivity index (χ4v) is 1.33. The molecule has 0 saturated heterocycles. The van der Waals surface area contributed by atoms with Crippen LogP contribution in [0.15, 0.2) is 24.3 Å². The zero-order chi connectivity index (χ0) is 13.1. The van der Waals surface area contributed by atoms with Crippen molar-refractivity contribution < 1.29 is 18.0 Å². The van der Waals surface area contributed by atoms with Gasteiger partial charge >= 0.3 is 12.1 Å². The maximum atomic E-state index is 12.0. The van der Waals surface area contributed by atoms with Gasteiger partial charge in [0.2, 0.25) is 0 Å². The van der Waals surface area contributed by atoms with Crippen molar-refractivity contribution in [3.05, 3.63) is 29.8 Å². The molecule has 1 aromatic carbocycles. The second kappa shape index (κ2) is 5.21. The van der Waals surface area contributed by atoms with E-state index in [1.807, 2.05) is 13.8 Å². The Labute approximate surface area is 97.8 Å². The summed E-state index contributed by atoms with van der Waals surface area (Å²) in [5.74, 6) is -1.60. The highest BCUT2D eigenvalue weighted by atomic mass is 19.4. The van der Waals surface area contributed by atoms with Crippen LogP contribution in [-0.4, -0.2) is 12.1 Å². The van der Waals surface area contributed by atoms with Gasteiger partial charge in [0.1, 0.15) is 0 Å². The molecule has 0 saturated carbocycles. The molecule has 0 aliphatic heterocycles. The Kier molecular flexibility index (Phi) is 4.15. The van der Waals surface area contributed by atoms with Gasteiger partial charge in [0, 0.05) is 5.69 Å². The van der Waals surface area contributed by atoms with Crippen LogP contribution in [0.1, 0.15) is 31.7 Å². The first-order chi connectivity index (χ1) is 7.84. The van der Waals surface area contributed by atoms with Crippen LogP contribution in [0.4, 0.5) is 18.9 Å². The minimum absolute atomic E-state index is 0.152. The normalized spacial score (nSPS) is 13.2. The van der Waals surface area contributed by atoms with E-state index in [2.05, 4.69) is 0 Å². The highest BCUT2D eigenvalue weighted by molar-refractivity contribution is 5.94. The number of alkyl halides is 3. The second-order valence-electron chi connectivity index (χ2n) is 3.88. The number of hydrogen-bond acceptors (Lipinski definition) is 1. The maximum Gasteiger partial charge on any atom is 0.471 e. The van der Waals surface area contributed by atoms with Crippen molar-refractivity contribution in [1.29, 1.82) is 0 Å². The number of halogens is 3. The molecule has 5 heteroatoms. The first-order valence-electron chi connectivity index (χ1n) is 5.32. The highest BCUT2D eigenvalue weighted by Crippen LogP contribution is 2.22. The van der Waals surface area contributed by atoms with E-state index in [9.17, 15) is 18.0 Å². The molecule has 94 valence electrons. The molecular weight excluding hydrogens is 231 g/mol. The molecule has 0 spiro atoms. The Morgan fingerprint density at radius 1 is 1.29 bits per heavy atom. The summed E-state index contributed by atoms with van der Waals surface area (Å²) in [6, 6.07) is 6.40. The molecule has 0 radical (unpaired) electrons. The lowest BCUT2D eigenvalue weighted by Crippen LogP contribution is -2.29. The van der Waals surface area contributed by atoms with Gasteiger partial charge in [-0.1, -0.05) is 26.0 Å². The van der Waals surface area contributed by atoms with Gasteiger partial charge in [-0.15, -0.1) is 0 Å². The molecule has 17 heavy (non-hydrogen) atoms. The third-order valence-corrected chi connectivity index (χ3v) is 2.61. The number of nitrogens with one attached hydrogen (secondary N) is 1. The van der Waals surface area contributed by atoms with Gasteiger partial charge in [-0.05, 0) is 30.0 Å². The molecule has 1 rings (SSSR count). The lowest BCUT2D eigenvalue weighted by atomic mass is 9.99. The predicted molar refractivity (Wildman–Crippen MR) is 59.8 cm³/mol. The van der Waals surface area contributed by atoms with Gasteiger partial charge in [-0.3, -0.25) is 4.79 Å². The number of benzene rings is 1. The van der Waals surface area contributed by atoms with Crippen molar-refractivity contribution in [3.63, 3.8) is 0 Å². The molecule has 1 atom stereocenters. The van der Waals surface area contributed by atoms with E-state index in [1.165, 1.54) is 12.1 Å². The molecule has 0 heterocycles. The fraction of sp³-hybridized carbons (Fsp3) is 0.417. The van der Waals surface area contributed by atoms with E-state index in [0.717, 1.165) is 12.0 Å². The van der Waals surface area contributed by atoms with Crippen molar-refractivity contribution in [2.45, 2.75) is 32.4 Å². The second-order valence-corrected chi connectivity index (χ2v) is 3.88. The number of anilines is 1. The van der Waals surface area contributed by atoms with Crippen molar-refractivity contribution in [2.24, 2.45) is 0 Å². The number of amides is 1. The summed E-state index contributed by atoms with van der Waals surface area (Å²) in [4.78, 5) is 10.7. The van der Waals surface area contributed by atoms with Crippen LogP contribution in [0.5, 0.6) is 0 Å². The lowest BCUT2D eigenvalue weighted by Gasteiger charge is -2.11. The third-order valence-electron chi connectivity index (χ3n) is 2.61. The van der Waals surface area contributed by atoms with E-state index in [0.29, 0.717) is 5.92 Å². The average Bonchev–Trinajstić information content (AvgIpc) is 2.27. The Hall–Kier alpha value is -1.52. The maximum absolute atomic E-state index is 12.0.